The second kappa shape index (κ2) is 7.43. The number of carbonyl (C=O) groups is 1. The molecule has 1 aliphatic rings. The molecule has 1 heterocycles. The Kier molecular flexibility index (Phi) is 5.24. The van der Waals surface area contributed by atoms with Gasteiger partial charge in [-0.05, 0) is 55.5 Å². The Morgan fingerprint density at radius 1 is 1.15 bits per heavy atom. The smallest absolute Gasteiger partial charge is 0.261 e. The van der Waals surface area contributed by atoms with Gasteiger partial charge in [0.25, 0.3) is 15.9 Å². The van der Waals surface area contributed by atoms with E-state index in [0.29, 0.717) is 31.0 Å². The Morgan fingerprint density at radius 3 is 2.42 bits per heavy atom. The largest absolute Gasteiger partial charge is 0.377 e. The van der Waals surface area contributed by atoms with Crippen molar-refractivity contribution in [3.8, 4) is 0 Å². The molecule has 0 aliphatic carbocycles. The van der Waals surface area contributed by atoms with E-state index in [-0.39, 0.29) is 16.8 Å². The third-order valence-electron chi connectivity index (χ3n) is 4.14. The molecular weight excluding hydrogens is 359 g/mol. The van der Waals surface area contributed by atoms with Gasteiger partial charge in [0.15, 0.2) is 0 Å². The standard InChI is InChI=1S/C18H19FN2O4S/c1-13-12-25-11-10-21(13)18(22)14-2-6-16(7-3-14)20-26(23,24)17-8-4-15(19)5-9-17/h2-9,13,20H,10-12H2,1H3. The fourth-order valence-electron chi connectivity index (χ4n) is 2.70. The van der Waals surface area contributed by atoms with Crippen molar-refractivity contribution < 1.29 is 22.3 Å². The number of morpholine rings is 1. The van der Waals surface area contributed by atoms with Gasteiger partial charge in [-0.3, -0.25) is 9.52 Å². The number of rotatable bonds is 4. The summed E-state index contributed by atoms with van der Waals surface area (Å²) in [6, 6.07) is 10.7. The maximum absolute atomic E-state index is 12.9. The Balaban J connectivity index is 1.73. The van der Waals surface area contributed by atoms with E-state index in [1.807, 2.05) is 6.92 Å². The van der Waals surface area contributed by atoms with Crippen LogP contribution in [0, 0.1) is 5.82 Å². The second-order valence-corrected chi connectivity index (χ2v) is 7.74. The number of benzene rings is 2. The van der Waals surface area contributed by atoms with Gasteiger partial charge in [0, 0.05) is 17.8 Å². The lowest BCUT2D eigenvalue weighted by Gasteiger charge is -2.33. The Hall–Kier alpha value is -2.45. The molecule has 8 heteroatoms. The highest BCUT2D eigenvalue weighted by molar-refractivity contribution is 7.92. The van der Waals surface area contributed by atoms with Crippen molar-refractivity contribution in [2.24, 2.45) is 0 Å². The third kappa shape index (κ3) is 4.03. The summed E-state index contributed by atoms with van der Waals surface area (Å²) >= 11 is 0. The number of ether oxygens (including phenoxy) is 1. The van der Waals surface area contributed by atoms with E-state index in [2.05, 4.69) is 4.72 Å². The SMILES string of the molecule is CC1COCCN1C(=O)c1ccc(NS(=O)(=O)c2ccc(F)cc2)cc1. The molecule has 1 amide bonds. The molecule has 1 fully saturated rings. The van der Waals surface area contributed by atoms with Crippen LogP contribution in [0.1, 0.15) is 17.3 Å². The number of anilines is 1. The number of hydrogen-bond acceptors (Lipinski definition) is 4. The molecule has 0 spiro atoms. The quantitative estimate of drug-likeness (QED) is 0.887. The van der Waals surface area contributed by atoms with Crippen molar-refractivity contribution in [1.82, 2.24) is 4.90 Å². The summed E-state index contributed by atoms with van der Waals surface area (Å²) in [7, 11) is -3.82. The first kappa shape index (κ1) is 18.3. The van der Waals surface area contributed by atoms with E-state index in [9.17, 15) is 17.6 Å². The van der Waals surface area contributed by atoms with Crippen LogP contribution in [0.5, 0.6) is 0 Å². The third-order valence-corrected chi connectivity index (χ3v) is 5.53. The lowest BCUT2D eigenvalue weighted by atomic mass is 10.1. The van der Waals surface area contributed by atoms with Gasteiger partial charge in [-0.2, -0.15) is 0 Å². The van der Waals surface area contributed by atoms with E-state index < -0.39 is 15.8 Å². The Labute approximate surface area is 151 Å². The van der Waals surface area contributed by atoms with Crippen molar-refractivity contribution in [1.29, 1.82) is 0 Å². The average molecular weight is 378 g/mol. The Bertz CT molecular complexity index is 882. The van der Waals surface area contributed by atoms with Gasteiger partial charge in [-0.25, -0.2) is 12.8 Å². The number of amides is 1. The lowest BCUT2D eigenvalue weighted by Crippen LogP contribution is -2.47. The predicted octanol–water partition coefficient (Wildman–Crippen LogP) is 2.49. The summed E-state index contributed by atoms with van der Waals surface area (Å²) in [5.41, 5.74) is 0.796. The van der Waals surface area contributed by atoms with Crippen molar-refractivity contribution >= 4 is 21.6 Å². The minimum absolute atomic E-state index is 0.00657. The first-order valence-electron chi connectivity index (χ1n) is 8.14. The highest BCUT2D eigenvalue weighted by Crippen LogP contribution is 2.19. The molecule has 0 saturated carbocycles. The maximum Gasteiger partial charge on any atom is 0.261 e. The molecule has 2 aromatic carbocycles. The minimum atomic E-state index is -3.82. The van der Waals surface area contributed by atoms with E-state index in [4.69, 9.17) is 4.74 Å². The molecular formula is C18H19FN2O4S. The van der Waals surface area contributed by atoms with Gasteiger partial charge < -0.3 is 9.64 Å². The van der Waals surface area contributed by atoms with Gasteiger partial charge >= 0.3 is 0 Å². The van der Waals surface area contributed by atoms with Gasteiger partial charge in [0.1, 0.15) is 5.82 Å². The number of halogens is 1. The molecule has 1 N–H and O–H groups in total. The normalized spacial score (nSPS) is 17.8. The van der Waals surface area contributed by atoms with E-state index >= 15 is 0 Å². The fraction of sp³-hybridized carbons (Fsp3) is 0.278. The maximum atomic E-state index is 12.9. The highest BCUT2D eigenvalue weighted by atomic mass is 32.2. The number of carbonyl (C=O) groups excluding carboxylic acids is 1. The van der Waals surface area contributed by atoms with Gasteiger partial charge in [-0.15, -0.1) is 0 Å². The van der Waals surface area contributed by atoms with Crippen LogP contribution >= 0.6 is 0 Å². The molecule has 1 unspecified atom stereocenters. The molecule has 1 atom stereocenters. The second-order valence-electron chi connectivity index (χ2n) is 6.06. The van der Waals surface area contributed by atoms with Gasteiger partial charge in [0.05, 0.1) is 24.2 Å². The molecule has 0 bridgehead atoms. The topological polar surface area (TPSA) is 75.7 Å². The van der Waals surface area contributed by atoms with Crippen molar-refractivity contribution in [3.05, 3.63) is 59.9 Å². The summed E-state index contributed by atoms with van der Waals surface area (Å²) in [5, 5.41) is 0. The van der Waals surface area contributed by atoms with Crippen LogP contribution in [0.3, 0.4) is 0 Å². The van der Waals surface area contributed by atoms with Crippen LogP contribution in [0.25, 0.3) is 0 Å². The monoisotopic (exact) mass is 378 g/mol. The van der Waals surface area contributed by atoms with E-state index in [1.165, 1.54) is 24.3 Å². The molecule has 0 aromatic heterocycles. The summed E-state index contributed by atoms with van der Waals surface area (Å²) in [4.78, 5) is 14.3. The molecule has 138 valence electrons. The number of hydrogen-bond donors (Lipinski definition) is 1. The zero-order valence-electron chi connectivity index (χ0n) is 14.2. The highest BCUT2D eigenvalue weighted by Gasteiger charge is 2.24. The molecule has 3 rings (SSSR count). The number of nitrogens with zero attached hydrogens (tertiary/aromatic N) is 1. The van der Waals surface area contributed by atoms with E-state index in [0.717, 1.165) is 12.1 Å². The summed E-state index contributed by atoms with van der Waals surface area (Å²) in [6.45, 7) is 3.45. The van der Waals surface area contributed by atoms with Gasteiger partial charge in [0.2, 0.25) is 0 Å². The zero-order valence-corrected chi connectivity index (χ0v) is 15.0. The molecule has 1 saturated heterocycles. The first-order chi connectivity index (χ1) is 12.4. The summed E-state index contributed by atoms with van der Waals surface area (Å²) in [5.74, 6) is -0.627. The minimum Gasteiger partial charge on any atom is -0.377 e. The van der Waals surface area contributed by atoms with Crippen LogP contribution in [-0.4, -0.2) is 45.0 Å². The first-order valence-corrected chi connectivity index (χ1v) is 9.62. The molecule has 26 heavy (non-hydrogen) atoms. The lowest BCUT2D eigenvalue weighted by molar-refractivity contribution is 0.00359. The van der Waals surface area contributed by atoms with Crippen LogP contribution in [-0.2, 0) is 14.8 Å². The number of sulfonamides is 1. The Morgan fingerprint density at radius 2 is 1.81 bits per heavy atom. The van der Waals surface area contributed by atoms with Crippen LogP contribution in [0.4, 0.5) is 10.1 Å². The average Bonchev–Trinajstić information content (AvgIpc) is 2.62. The van der Waals surface area contributed by atoms with E-state index in [1.54, 1.807) is 17.0 Å². The van der Waals surface area contributed by atoms with Crippen molar-refractivity contribution in [3.63, 3.8) is 0 Å². The molecule has 0 radical (unpaired) electrons. The molecule has 2 aromatic rings. The number of nitrogens with one attached hydrogen (secondary N) is 1. The molecule has 1 aliphatic heterocycles. The van der Waals surface area contributed by atoms with Crippen LogP contribution < -0.4 is 4.72 Å². The molecule has 6 nitrogen and oxygen atoms in total. The summed E-state index contributed by atoms with van der Waals surface area (Å²) < 4.78 is 45.3. The predicted molar refractivity (Wildman–Crippen MR) is 95.0 cm³/mol. The summed E-state index contributed by atoms with van der Waals surface area (Å²) in [6.07, 6.45) is 0. The fourth-order valence-corrected chi connectivity index (χ4v) is 3.76. The van der Waals surface area contributed by atoms with Gasteiger partial charge in [-0.1, -0.05) is 0 Å². The van der Waals surface area contributed by atoms with Crippen molar-refractivity contribution in [2.75, 3.05) is 24.5 Å². The zero-order chi connectivity index (χ0) is 18.7. The van der Waals surface area contributed by atoms with Crippen molar-refractivity contribution in [2.45, 2.75) is 17.9 Å². The van der Waals surface area contributed by atoms with Crippen LogP contribution in [0.15, 0.2) is 53.4 Å². The van der Waals surface area contributed by atoms with Crippen LogP contribution in [0.2, 0.25) is 0 Å².